The molecule has 4 aromatic carbocycles. The maximum absolute atomic E-state index is 13.7. The Balaban J connectivity index is 1.31. The molecule has 6 N–H and O–H groups in total. The number of hydrogen-bond donors (Lipinski definition) is 4. The molecule has 0 aliphatic carbocycles. The minimum absolute atomic E-state index is 0.0123. The molecule has 0 spiro atoms. The first-order valence-electron chi connectivity index (χ1n) is 13.4. The number of anilines is 1. The van der Waals surface area contributed by atoms with Crippen LogP contribution < -0.4 is 27.0 Å². The summed E-state index contributed by atoms with van der Waals surface area (Å²) in [5.41, 5.74) is 12.4. The fraction of sp³-hybridized carbons (Fsp3) is 0.258. The quantitative estimate of drug-likeness (QED) is 0.160. The van der Waals surface area contributed by atoms with E-state index in [9.17, 15) is 9.59 Å². The van der Waals surface area contributed by atoms with Gasteiger partial charge in [0, 0.05) is 36.9 Å². The lowest BCUT2D eigenvalue weighted by molar-refractivity contribution is -0.120. The maximum atomic E-state index is 13.7. The molecule has 39 heavy (non-hydrogen) atoms. The highest BCUT2D eigenvalue weighted by Crippen LogP contribution is 2.25. The molecule has 2 amide bonds. The van der Waals surface area contributed by atoms with E-state index in [1.165, 1.54) is 0 Å². The smallest absolute Gasteiger partial charge is 0.251 e. The summed E-state index contributed by atoms with van der Waals surface area (Å²) in [5, 5.41) is 10.9. The number of carbonyl (C=O) groups excluding carboxylic acids is 2. The Morgan fingerprint density at radius 1 is 0.923 bits per heavy atom. The van der Waals surface area contributed by atoms with Crippen molar-refractivity contribution in [1.82, 2.24) is 10.6 Å². The zero-order valence-electron chi connectivity index (χ0n) is 21.8. The van der Waals surface area contributed by atoms with Crippen molar-refractivity contribution >= 4 is 45.0 Å². The van der Waals surface area contributed by atoms with Gasteiger partial charge in [-0.15, -0.1) is 0 Å². The summed E-state index contributed by atoms with van der Waals surface area (Å²) in [6.07, 6.45) is 1.93. The van der Waals surface area contributed by atoms with Crippen LogP contribution in [-0.4, -0.2) is 49.5 Å². The van der Waals surface area contributed by atoms with Crippen molar-refractivity contribution in [3.05, 3.63) is 90.5 Å². The molecule has 2 atom stereocenters. The lowest BCUT2D eigenvalue weighted by Gasteiger charge is -2.25. The molecule has 1 heterocycles. The summed E-state index contributed by atoms with van der Waals surface area (Å²) in [5.74, 6) is -0.0746. The van der Waals surface area contributed by atoms with Crippen LogP contribution in [-0.2, 0) is 4.79 Å². The van der Waals surface area contributed by atoms with Crippen LogP contribution in [0.5, 0.6) is 0 Å². The number of benzene rings is 4. The molecule has 0 bridgehead atoms. The van der Waals surface area contributed by atoms with Gasteiger partial charge in [-0.05, 0) is 65.1 Å². The highest BCUT2D eigenvalue weighted by atomic mass is 16.2. The summed E-state index contributed by atoms with van der Waals surface area (Å²) < 4.78 is 0. The molecule has 8 heteroatoms. The van der Waals surface area contributed by atoms with Gasteiger partial charge in [0.25, 0.3) is 5.91 Å². The number of nitrogens with two attached hydrogens (primary N) is 2. The van der Waals surface area contributed by atoms with Gasteiger partial charge in [0.2, 0.25) is 5.91 Å². The van der Waals surface area contributed by atoms with Crippen molar-refractivity contribution in [1.29, 1.82) is 0 Å². The van der Waals surface area contributed by atoms with Crippen LogP contribution in [0.25, 0.3) is 21.5 Å². The summed E-state index contributed by atoms with van der Waals surface area (Å²) in [6.45, 7) is 1.41. The van der Waals surface area contributed by atoms with Crippen LogP contribution in [0.4, 0.5) is 5.69 Å². The predicted molar refractivity (Wildman–Crippen MR) is 158 cm³/mol. The van der Waals surface area contributed by atoms with Crippen LogP contribution >= 0.6 is 0 Å². The number of aliphatic imine (C=N–C) groups is 1. The fourth-order valence-corrected chi connectivity index (χ4v) is 5.14. The molecule has 2 unspecified atom stereocenters. The molecule has 1 fully saturated rings. The molecule has 0 aromatic heterocycles. The van der Waals surface area contributed by atoms with Crippen LogP contribution in [0.3, 0.4) is 0 Å². The van der Waals surface area contributed by atoms with Gasteiger partial charge in [-0.3, -0.25) is 14.6 Å². The molecule has 1 aliphatic rings. The van der Waals surface area contributed by atoms with Crippen LogP contribution in [0.15, 0.2) is 89.9 Å². The predicted octanol–water partition coefficient (Wildman–Crippen LogP) is 3.54. The molecule has 4 aromatic rings. The second-order valence-electron chi connectivity index (χ2n) is 9.95. The van der Waals surface area contributed by atoms with Crippen LogP contribution in [0.2, 0.25) is 0 Å². The molecule has 0 saturated carbocycles. The van der Waals surface area contributed by atoms with Crippen molar-refractivity contribution in [2.45, 2.75) is 31.3 Å². The molecule has 0 radical (unpaired) electrons. The normalized spacial score (nSPS) is 17.6. The zero-order valence-corrected chi connectivity index (χ0v) is 21.8. The highest BCUT2D eigenvalue weighted by molar-refractivity contribution is 6.00. The van der Waals surface area contributed by atoms with Gasteiger partial charge >= 0.3 is 0 Å². The second kappa shape index (κ2) is 12.0. The molecular weight excluding hydrogens is 488 g/mol. The van der Waals surface area contributed by atoms with Crippen molar-refractivity contribution in [3.8, 4) is 0 Å². The van der Waals surface area contributed by atoms with Crippen LogP contribution in [0, 0.1) is 0 Å². The molecule has 1 aliphatic heterocycles. The Labute approximate surface area is 228 Å². The minimum Gasteiger partial charge on any atom is -0.370 e. The van der Waals surface area contributed by atoms with Gasteiger partial charge in [-0.25, -0.2) is 0 Å². The number of amides is 2. The van der Waals surface area contributed by atoms with E-state index in [4.69, 9.17) is 11.5 Å². The van der Waals surface area contributed by atoms with E-state index < -0.39 is 6.04 Å². The summed E-state index contributed by atoms with van der Waals surface area (Å²) in [4.78, 5) is 32.6. The number of nitrogens with zero attached hydrogens (tertiary/aromatic N) is 2. The minimum atomic E-state index is -0.421. The third kappa shape index (κ3) is 6.35. The van der Waals surface area contributed by atoms with E-state index in [2.05, 4.69) is 33.8 Å². The van der Waals surface area contributed by atoms with Crippen molar-refractivity contribution in [3.63, 3.8) is 0 Å². The first-order valence-corrected chi connectivity index (χ1v) is 13.4. The number of fused-ring (bicyclic) bond motifs is 2. The molecule has 8 nitrogen and oxygen atoms in total. The van der Waals surface area contributed by atoms with E-state index in [1.54, 1.807) is 0 Å². The van der Waals surface area contributed by atoms with E-state index in [0.717, 1.165) is 27.2 Å². The van der Waals surface area contributed by atoms with Gasteiger partial charge in [0.05, 0.1) is 6.04 Å². The van der Waals surface area contributed by atoms with Gasteiger partial charge in [-0.2, -0.15) is 0 Å². The Hall–Kier alpha value is -4.43. The maximum Gasteiger partial charge on any atom is 0.251 e. The number of nitrogens with one attached hydrogen (secondary N) is 2. The molecular formula is C31H34N6O2. The third-order valence-electron chi connectivity index (χ3n) is 7.21. The number of carbonyl (C=O) groups is 2. The SMILES string of the molecule is NC(N)=NCCCC1NC(CNC(=O)c2ccc3ccccc3c2)CCN(c2ccc3ccccc3c2)C1=O. The van der Waals surface area contributed by atoms with Gasteiger partial charge < -0.3 is 27.0 Å². The highest BCUT2D eigenvalue weighted by Gasteiger charge is 2.31. The van der Waals surface area contributed by atoms with Gasteiger partial charge in [-0.1, -0.05) is 60.7 Å². The first-order chi connectivity index (χ1) is 19.0. The topological polar surface area (TPSA) is 126 Å². The summed E-state index contributed by atoms with van der Waals surface area (Å²) in [7, 11) is 0. The number of rotatable bonds is 8. The Kier molecular flexibility index (Phi) is 8.03. The van der Waals surface area contributed by atoms with Crippen LogP contribution in [0.1, 0.15) is 29.6 Å². The second-order valence-corrected chi connectivity index (χ2v) is 9.95. The largest absolute Gasteiger partial charge is 0.370 e. The van der Waals surface area contributed by atoms with E-state index in [0.29, 0.717) is 44.5 Å². The lowest BCUT2D eigenvalue weighted by atomic mass is 10.1. The fourth-order valence-electron chi connectivity index (χ4n) is 5.14. The molecule has 200 valence electrons. The zero-order chi connectivity index (χ0) is 27.2. The standard InChI is InChI=1S/C31H34N6O2/c32-31(33)34-16-5-10-28-30(39)37(27-14-13-22-7-2-4-9-24(22)19-27)17-15-26(36-28)20-35-29(38)25-12-11-21-6-1-3-8-23(21)18-25/h1-4,6-9,11-14,18-19,26,28,36H,5,10,15-17,20H2,(H,35,38)(H4,32,33,34). The number of guanidine groups is 1. The van der Waals surface area contributed by atoms with Crippen molar-refractivity contribution < 1.29 is 9.59 Å². The van der Waals surface area contributed by atoms with E-state index >= 15 is 0 Å². The van der Waals surface area contributed by atoms with Gasteiger partial charge in [0.1, 0.15) is 0 Å². The first kappa shape index (κ1) is 26.2. The Morgan fingerprint density at radius 3 is 2.31 bits per heavy atom. The van der Waals surface area contributed by atoms with E-state index in [-0.39, 0.29) is 23.8 Å². The van der Waals surface area contributed by atoms with Gasteiger partial charge in [0.15, 0.2) is 5.96 Å². The average molecular weight is 523 g/mol. The third-order valence-corrected chi connectivity index (χ3v) is 7.21. The van der Waals surface area contributed by atoms with Crippen molar-refractivity contribution in [2.24, 2.45) is 16.5 Å². The monoisotopic (exact) mass is 522 g/mol. The Morgan fingerprint density at radius 2 is 1.59 bits per heavy atom. The molecule has 5 rings (SSSR count). The van der Waals surface area contributed by atoms with E-state index in [1.807, 2.05) is 71.6 Å². The summed E-state index contributed by atoms with van der Waals surface area (Å²) in [6, 6.07) is 27.4. The van der Waals surface area contributed by atoms with Crippen molar-refractivity contribution in [2.75, 3.05) is 24.5 Å². The number of hydrogen-bond acceptors (Lipinski definition) is 4. The lowest BCUT2D eigenvalue weighted by Crippen LogP contribution is -2.48. The average Bonchev–Trinajstić information content (AvgIpc) is 3.11. The summed E-state index contributed by atoms with van der Waals surface area (Å²) >= 11 is 0. The Bertz CT molecular complexity index is 1510. The molecule has 1 saturated heterocycles.